The summed E-state index contributed by atoms with van der Waals surface area (Å²) >= 11 is 0. The van der Waals surface area contributed by atoms with E-state index >= 15 is 0 Å². The summed E-state index contributed by atoms with van der Waals surface area (Å²) in [5, 5.41) is 2.49. The molecule has 0 saturated carbocycles. The van der Waals surface area contributed by atoms with Gasteiger partial charge in [0.15, 0.2) is 0 Å². The van der Waals surface area contributed by atoms with E-state index < -0.39 is 6.09 Å². The molecule has 5 nitrogen and oxygen atoms in total. The molecule has 0 aromatic carbocycles. The van der Waals surface area contributed by atoms with E-state index in [9.17, 15) is 4.79 Å². The van der Waals surface area contributed by atoms with Crippen LogP contribution in [0.15, 0.2) is 18.7 Å². The maximum atomic E-state index is 11.0. The smallest absolute Gasteiger partial charge is 0.411 e. The highest BCUT2D eigenvalue weighted by Gasteiger charge is 2.01. The standard InChI is InChI=1S/C8H11N3O2/c1-2-3-13-8(12)11-7-4-9-6-10-5-7/h4-6H,2-3H2,1H3,(H,11,12). The highest BCUT2D eigenvalue weighted by Crippen LogP contribution is 2.00. The van der Waals surface area contributed by atoms with Crippen LogP contribution >= 0.6 is 0 Å². The van der Waals surface area contributed by atoms with Crippen LogP contribution in [0.4, 0.5) is 10.5 Å². The topological polar surface area (TPSA) is 64.1 Å². The van der Waals surface area contributed by atoms with Crippen LogP contribution in [0.5, 0.6) is 0 Å². The van der Waals surface area contributed by atoms with Gasteiger partial charge in [-0.2, -0.15) is 0 Å². The predicted octanol–water partition coefficient (Wildman–Crippen LogP) is 1.44. The summed E-state index contributed by atoms with van der Waals surface area (Å²) < 4.78 is 4.79. The van der Waals surface area contributed by atoms with Crippen LogP contribution in [0.25, 0.3) is 0 Å². The average Bonchev–Trinajstić information content (AvgIpc) is 2.16. The Morgan fingerprint density at radius 1 is 1.54 bits per heavy atom. The number of rotatable bonds is 3. The summed E-state index contributed by atoms with van der Waals surface area (Å²) in [6, 6.07) is 0. The fourth-order valence-corrected chi connectivity index (χ4v) is 0.712. The van der Waals surface area contributed by atoms with Crippen molar-refractivity contribution in [1.29, 1.82) is 0 Å². The normalized spacial score (nSPS) is 9.31. The molecule has 1 N–H and O–H groups in total. The van der Waals surface area contributed by atoms with Gasteiger partial charge in [0.05, 0.1) is 24.7 Å². The Morgan fingerprint density at radius 3 is 2.85 bits per heavy atom. The molecule has 1 heterocycles. The second kappa shape index (κ2) is 5.08. The number of carbonyl (C=O) groups is 1. The van der Waals surface area contributed by atoms with Crippen LogP contribution in [0.3, 0.4) is 0 Å². The third-order valence-corrected chi connectivity index (χ3v) is 1.24. The van der Waals surface area contributed by atoms with Gasteiger partial charge in [-0.15, -0.1) is 0 Å². The van der Waals surface area contributed by atoms with Crippen molar-refractivity contribution in [1.82, 2.24) is 9.97 Å². The molecule has 0 aliphatic rings. The number of aromatic nitrogens is 2. The second-order valence-electron chi connectivity index (χ2n) is 2.39. The Kier molecular flexibility index (Phi) is 3.69. The van der Waals surface area contributed by atoms with Gasteiger partial charge in [-0.25, -0.2) is 14.8 Å². The molecule has 0 radical (unpaired) electrons. The van der Waals surface area contributed by atoms with Crippen molar-refractivity contribution in [2.45, 2.75) is 13.3 Å². The van der Waals surface area contributed by atoms with E-state index in [2.05, 4.69) is 15.3 Å². The zero-order chi connectivity index (χ0) is 9.52. The zero-order valence-corrected chi connectivity index (χ0v) is 7.36. The molecular formula is C8H11N3O2. The first kappa shape index (κ1) is 9.44. The Labute approximate surface area is 76.2 Å². The maximum absolute atomic E-state index is 11.0. The van der Waals surface area contributed by atoms with Gasteiger partial charge < -0.3 is 4.74 Å². The fourth-order valence-electron chi connectivity index (χ4n) is 0.712. The second-order valence-corrected chi connectivity index (χ2v) is 2.39. The van der Waals surface area contributed by atoms with Crippen LogP contribution in [0, 0.1) is 0 Å². The summed E-state index contributed by atoms with van der Waals surface area (Å²) in [5.41, 5.74) is 0.531. The molecule has 13 heavy (non-hydrogen) atoms. The zero-order valence-electron chi connectivity index (χ0n) is 7.36. The lowest BCUT2D eigenvalue weighted by Gasteiger charge is -2.03. The number of amides is 1. The molecule has 1 rings (SSSR count). The number of nitrogens with zero attached hydrogens (tertiary/aromatic N) is 2. The lowest BCUT2D eigenvalue weighted by molar-refractivity contribution is 0.161. The SMILES string of the molecule is CCCOC(=O)Nc1cncnc1. The molecule has 1 amide bonds. The number of anilines is 1. The Bertz CT molecular complexity index is 263. The number of hydrogen-bond acceptors (Lipinski definition) is 4. The third-order valence-electron chi connectivity index (χ3n) is 1.24. The molecule has 70 valence electrons. The predicted molar refractivity (Wildman–Crippen MR) is 47.3 cm³/mol. The first-order valence-electron chi connectivity index (χ1n) is 4.01. The van der Waals surface area contributed by atoms with Crippen LogP contribution in [-0.2, 0) is 4.74 Å². The molecule has 0 aliphatic heterocycles. The molecule has 0 fully saturated rings. The van der Waals surface area contributed by atoms with Crippen molar-refractivity contribution in [3.63, 3.8) is 0 Å². The Balaban J connectivity index is 2.37. The quantitative estimate of drug-likeness (QED) is 0.766. The molecule has 1 aromatic heterocycles. The van der Waals surface area contributed by atoms with Crippen molar-refractivity contribution in [3.05, 3.63) is 18.7 Å². The molecule has 0 aliphatic carbocycles. The molecule has 1 aromatic rings. The van der Waals surface area contributed by atoms with E-state index in [4.69, 9.17) is 4.74 Å². The highest BCUT2D eigenvalue weighted by atomic mass is 16.5. The molecule has 5 heteroatoms. The van der Waals surface area contributed by atoms with Crippen molar-refractivity contribution in [2.24, 2.45) is 0 Å². The van der Waals surface area contributed by atoms with Gasteiger partial charge in [-0.05, 0) is 6.42 Å². The van der Waals surface area contributed by atoms with Crippen LogP contribution in [-0.4, -0.2) is 22.7 Å². The number of ether oxygens (including phenoxy) is 1. The first-order valence-corrected chi connectivity index (χ1v) is 4.01. The summed E-state index contributed by atoms with van der Waals surface area (Å²) in [7, 11) is 0. The van der Waals surface area contributed by atoms with E-state index in [1.54, 1.807) is 0 Å². The van der Waals surface area contributed by atoms with E-state index in [1.165, 1.54) is 18.7 Å². The van der Waals surface area contributed by atoms with Gasteiger partial charge >= 0.3 is 6.09 Å². The largest absolute Gasteiger partial charge is 0.449 e. The van der Waals surface area contributed by atoms with E-state index in [0.717, 1.165) is 6.42 Å². The van der Waals surface area contributed by atoms with Crippen molar-refractivity contribution in [3.8, 4) is 0 Å². The van der Waals surface area contributed by atoms with Crippen molar-refractivity contribution < 1.29 is 9.53 Å². The minimum atomic E-state index is -0.475. The van der Waals surface area contributed by atoms with Gasteiger partial charge in [0, 0.05) is 0 Å². The minimum absolute atomic E-state index is 0.416. The van der Waals surface area contributed by atoms with Gasteiger partial charge in [0.2, 0.25) is 0 Å². The van der Waals surface area contributed by atoms with E-state index in [-0.39, 0.29) is 0 Å². The summed E-state index contributed by atoms with van der Waals surface area (Å²) in [6.45, 7) is 2.35. The van der Waals surface area contributed by atoms with Crippen LogP contribution < -0.4 is 5.32 Å². The molecule has 0 spiro atoms. The summed E-state index contributed by atoms with van der Waals surface area (Å²) in [5.74, 6) is 0. The van der Waals surface area contributed by atoms with Crippen LogP contribution in [0.2, 0.25) is 0 Å². The lowest BCUT2D eigenvalue weighted by atomic mass is 10.5. The molecule has 0 bridgehead atoms. The van der Waals surface area contributed by atoms with Crippen molar-refractivity contribution >= 4 is 11.8 Å². The highest BCUT2D eigenvalue weighted by molar-refractivity contribution is 5.83. The summed E-state index contributed by atoms with van der Waals surface area (Å²) in [6.07, 6.45) is 4.72. The number of hydrogen-bond donors (Lipinski definition) is 1. The van der Waals surface area contributed by atoms with Crippen LogP contribution in [0.1, 0.15) is 13.3 Å². The van der Waals surface area contributed by atoms with Gasteiger partial charge in [-0.3, -0.25) is 5.32 Å². The first-order chi connectivity index (χ1) is 6.33. The average molecular weight is 181 g/mol. The number of carbonyl (C=O) groups excluding carboxylic acids is 1. The van der Waals surface area contributed by atoms with Crippen molar-refractivity contribution in [2.75, 3.05) is 11.9 Å². The molecule has 0 unspecified atom stereocenters. The maximum Gasteiger partial charge on any atom is 0.411 e. The van der Waals surface area contributed by atoms with Gasteiger partial charge in [0.25, 0.3) is 0 Å². The van der Waals surface area contributed by atoms with E-state index in [1.807, 2.05) is 6.92 Å². The number of nitrogens with one attached hydrogen (secondary N) is 1. The van der Waals surface area contributed by atoms with E-state index in [0.29, 0.717) is 12.3 Å². The monoisotopic (exact) mass is 181 g/mol. The lowest BCUT2D eigenvalue weighted by Crippen LogP contribution is -2.14. The Hall–Kier alpha value is -1.65. The summed E-state index contributed by atoms with van der Waals surface area (Å²) in [4.78, 5) is 18.5. The molecule has 0 atom stereocenters. The third kappa shape index (κ3) is 3.50. The molecule has 0 saturated heterocycles. The fraction of sp³-hybridized carbons (Fsp3) is 0.375. The molecular weight excluding hydrogens is 170 g/mol. The Morgan fingerprint density at radius 2 is 2.23 bits per heavy atom. The van der Waals surface area contributed by atoms with Gasteiger partial charge in [-0.1, -0.05) is 6.92 Å². The minimum Gasteiger partial charge on any atom is -0.449 e. The van der Waals surface area contributed by atoms with Gasteiger partial charge in [0.1, 0.15) is 6.33 Å².